The lowest BCUT2D eigenvalue weighted by atomic mass is 10.2. The van der Waals surface area contributed by atoms with Crippen LogP contribution in [0.3, 0.4) is 0 Å². The SMILES string of the molecule is CN=C(NCc1ccc(C(N)=O)o1)NCc1nc(C(C)C)cs1. The number of nitrogens with two attached hydrogens (primary N) is 1. The van der Waals surface area contributed by atoms with Gasteiger partial charge < -0.3 is 20.8 Å². The number of amides is 1. The summed E-state index contributed by atoms with van der Waals surface area (Å²) in [4.78, 5) is 19.7. The van der Waals surface area contributed by atoms with Crippen molar-refractivity contribution in [3.8, 4) is 0 Å². The quantitative estimate of drug-likeness (QED) is 0.551. The molecule has 4 N–H and O–H groups in total. The van der Waals surface area contributed by atoms with Gasteiger partial charge in [-0.05, 0) is 18.1 Å². The molecule has 0 atom stereocenters. The smallest absolute Gasteiger partial charge is 0.284 e. The van der Waals surface area contributed by atoms with Crippen molar-refractivity contribution in [3.63, 3.8) is 0 Å². The summed E-state index contributed by atoms with van der Waals surface area (Å²) in [6, 6.07) is 3.26. The molecule has 0 saturated heterocycles. The van der Waals surface area contributed by atoms with E-state index in [1.165, 1.54) is 0 Å². The van der Waals surface area contributed by atoms with Gasteiger partial charge in [-0.3, -0.25) is 9.79 Å². The van der Waals surface area contributed by atoms with Gasteiger partial charge in [0.25, 0.3) is 5.91 Å². The number of hydrogen-bond donors (Lipinski definition) is 3. The standard InChI is InChI=1S/C15H21N5O2S/c1-9(2)11-8-23-13(20-11)7-19-15(17-3)18-6-10-4-5-12(22-10)14(16)21/h4-5,8-9H,6-7H2,1-3H3,(H2,16,21)(H2,17,18,19). The first kappa shape index (κ1) is 17.0. The Hall–Kier alpha value is -2.35. The zero-order chi connectivity index (χ0) is 16.8. The normalized spacial score (nSPS) is 11.7. The van der Waals surface area contributed by atoms with E-state index in [2.05, 4.69) is 39.8 Å². The van der Waals surface area contributed by atoms with Crippen molar-refractivity contribution in [2.75, 3.05) is 7.05 Å². The molecule has 2 heterocycles. The molecule has 0 spiro atoms. The van der Waals surface area contributed by atoms with Gasteiger partial charge in [-0.15, -0.1) is 11.3 Å². The highest BCUT2D eigenvalue weighted by Gasteiger charge is 2.09. The van der Waals surface area contributed by atoms with Crippen LogP contribution in [0.1, 0.15) is 46.8 Å². The maximum atomic E-state index is 11.0. The monoisotopic (exact) mass is 335 g/mol. The molecule has 124 valence electrons. The fraction of sp³-hybridized carbons (Fsp3) is 0.400. The number of thiazole rings is 1. The summed E-state index contributed by atoms with van der Waals surface area (Å²) >= 11 is 1.63. The van der Waals surface area contributed by atoms with E-state index in [9.17, 15) is 4.79 Å². The lowest BCUT2D eigenvalue weighted by Gasteiger charge is -2.09. The Balaban J connectivity index is 1.84. The van der Waals surface area contributed by atoms with Crippen LogP contribution in [0.5, 0.6) is 0 Å². The van der Waals surface area contributed by atoms with Gasteiger partial charge >= 0.3 is 0 Å². The van der Waals surface area contributed by atoms with Crippen LogP contribution in [0, 0.1) is 0 Å². The molecule has 0 aromatic carbocycles. The average Bonchev–Trinajstić information content (AvgIpc) is 3.16. The second-order valence-corrected chi connectivity index (χ2v) is 6.17. The Morgan fingerprint density at radius 1 is 1.39 bits per heavy atom. The molecular formula is C15H21N5O2S. The summed E-state index contributed by atoms with van der Waals surface area (Å²) in [5, 5.41) is 9.38. The van der Waals surface area contributed by atoms with E-state index in [-0.39, 0.29) is 5.76 Å². The van der Waals surface area contributed by atoms with Crippen LogP contribution < -0.4 is 16.4 Å². The number of guanidine groups is 1. The van der Waals surface area contributed by atoms with Crippen molar-refractivity contribution in [2.45, 2.75) is 32.9 Å². The summed E-state index contributed by atoms with van der Waals surface area (Å²) in [5.74, 6) is 1.23. The lowest BCUT2D eigenvalue weighted by Crippen LogP contribution is -2.36. The fourth-order valence-corrected chi connectivity index (χ4v) is 2.72. The number of carbonyl (C=O) groups is 1. The number of primary amides is 1. The number of aromatic nitrogens is 1. The molecule has 0 saturated carbocycles. The zero-order valence-corrected chi connectivity index (χ0v) is 14.2. The van der Waals surface area contributed by atoms with E-state index >= 15 is 0 Å². The molecule has 0 radical (unpaired) electrons. The van der Waals surface area contributed by atoms with E-state index in [4.69, 9.17) is 10.2 Å². The predicted octanol–water partition coefficient (Wildman–Crippen LogP) is 1.82. The zero-order valence-electron chi connectivity index (χ0n) is 13.4. The van der Waals surface area contributed by atoms with Gasteiger partial charge in [0.1, 0.15) is 10.8 Å². The highest BCUT2D eigenvalue weighted by molar-refractivity contribution is 7.09. The van der Waals surface area contributed by atoms with Crippen LogP contribution in [0.25, 0.3) is 0 Å². The minimum Gasteiger partial charge on any atom is -0.454 e. The fourth-order valence-electron chi connectivity index (χ4n) is 1.83. The van der Waals surface area contributed by atoms with Crippen molar-refractivity contribution >= 4 is 23.2 Å². The number of aliphatic imine (C=N–C) groups is 1. The van der Waals surface area contributed by atoms with Gasteiger partial charge in [0, 0.05) is 12.4 Å². The third kappa shape index (κ3) is 4.82. The van der Waals surface area contributed by atoms with Gasteiger partial charge in [0.05, 0.1) is 18.8 Å². The van der Waals surface area contributed by atoms with Crippen LogP contribution in [0.15, 0.2) is 26.9 Å². The first-order valence-corrected chi connectivity index (χ1v) is 8.15. The van der Waals surface area contributed by atoms with E-state index in [0.717, 1.165) is 10.7 Å². The van der Waals surface area contributed by atoms with E-state index in [1.807, 2.05) is 0 Å². The third-order valence-electron chi connectivity index (χ3n) is 3.13. The largest absolute Gasteiger partial charge is 0.454 e. The van der Waals surface area contributed by atoms with Crippen molar-refractivity contribution in [1.82, 2.24) is 15.6 Å². The average molecular weight is 335 g/mol. The number of furan rings is 1. The summed E-state index contributed by atoms with van der Waals surface area (Å²) < 4.78 is 5.30. The summed E-state index contributed by atoms with van der Waals surface area (Å²) in [6.45, 7) is 5.25. The summed E-state index contributed by atoms with van der Waals surface area (Å²) in [6.07, 6.45) is 0. The van der Waals surface area contributed by atoms with Gasteiger partial charge in [-0.1, -0.05) is 13.8 Å². The number of carbonyl (C=O) groups excluding carboxylic acids is 1. The van der Waals surface area contributed by atoms with E-state index in [0.29, 0.717) is 30.7 Å². The third-order valence-corrected chi connectivity index (χ3v) is 3.99. The molecule has 0 aliphatic carbocycles. The summed E-state index contributed by atoms with van der Waals surface area (Å²) in [5.41, 5.74) is 6.25. The number of nitrogens with zero attached hydrogens (tertiary/aromatic N) is 2. The highest BCUT2D eigenvalue weighted by atomic mass is 32.1. The van der Waals surface area contributed by atoms with Gasteiger partial charge in [-0.25, -0.2) is 4.98 Å². The molecule has 0 bridgehead atoms. The number of rotatable bonds is 6. The Kier molecular flexibility index (Phi) is 5.75. The van der Waals surface area contributed by atoms with Crippen molar-refractivity contribution < 1.29 is 9.21 Å². The van der Waals surface area contributed by atoms with Crippen molar-refractivity contribution in [1.29, 1.82) is 0 Å². The first-order chi connectivity index (χ1) is 11.0. The minimum absolute atomic E-state index is 0.147. The Labute approximate surface area is 139 Å². The van der Waals surface area contributed by atoms with Crippen molar-refractivity contribution in [3.05, 3.63) is 39.7 Å². The van der Waals surface area contributed by atoms with Crippen LogP contribution in [-0.4, -0.2) is 23.9 Å². The molecule has 2 aromatic heterocycles. The van der Waals surface area contributed by atoms with Crippen LogP contribution in [0.2, 0.25) is 0 Å². The Bertz CT molecular complexity index is 690. The van der Waals surface area contributed by atoms with E-state index in [1.54, 1.807) is 30.5 Å². The molecule has 0 fully saturated rings. The topological polar surface area (TPSA) is 106 Å². The molecule has 2 rings (SSSR count). The maximum absolute atomic E-state index is 11.0. The minimum atomic E-state index is -0.580. The van der Waals surface area contributed by atoms with E-state index < -0.39 is 5.91 Å². The molecule has 8 heteroatoms. The molecule has 1 amide bonds. The van der Waals surface area contributed by atoms with Gasteiger partial charge in [0.15, 0.2) is 11.7 Å². The highest BCUT2D eigenvalue weighted by Crippen LogP contribution is 2.17. The number of hydrogen-bond acceptors (Lipinski definition) is 5. The second kappa shape index (κ2) is 7.77. The molecule has 7 nitrogen and oxygen atoms in total. The maximum Gasteiger partial charge on any atom is 0.284 e. The first-order valence-electron chi connectivity index (χ1n) is 7.27. The summed E-state index contributed by atoms with van der Waals surface area (Å²) in [7, 11) is 1.69. The van der Waals surface area contributed by atoms with Crippen LogP contribution in [0.4, 0.5) is 0 Å². The number of nitrogens with one attached hydrogen (secondary N) is 2. The Morgan fingerprint density at radius 2 is 2.13 bits per heavy atom. The lowest BCUT2D eigenvalue weighted by molar-refractivity contribution is 0.0972. The molecular weight excluding hydrogens is 314 g/mol. The molecule has 2 aromatic rings. The van der Waals surface area contributed by atoms with Crippen molar-refractivity contribution in [2.24, 2.45) is 10.7 Å². The second-order valence-electron chi connectivity index (χ2n) is 5.23. The van der Waals surface area contributed by atoms with Crippen LogP contribution >= 0.6 is 11.3 Å². The Morgan fingerprint density at radius 3 is 2.70 bits per heavy atom. The molecule has 0 aliphatic rings. The van der Waals surface area contributed by atoms with Crippen LogP contribution in [-0.2, 0) is 13.1 Å². The van der Waals surface area contributed by atoms with Gasteiger partial charge in [0.2, 0.25) is 0 Å². The predicted molar refractivity (Wildman–Crippen MR) is 90.5 cm³/mol. The molecule has 0 unspecified atom stereocenters. The molecule has 0 aliphatic heterocycles. The molecule has 23 heavy (non-hydrogen) atoms. The van der Waals surface area contributed by atoms with Gasteiger partial charge in [-0.2, -0.15) is 0 Å².